The zero-order valence-corrected chi connectivity index (χ0v) is 17.7. The number of amides is 1. The minimum absolute atomic E-state index is 0.216. The van der Waals surface area contributed by atoms with Crippen LogP contribution in [-0.4, -0.2) is 29.6 Å². The molecule has 29 heavy (non-hydrogen) atoms. The van der Waals surface area contributed by atoms with Crippen LogP contribution in [0, 0.1) is 13.8 Å². The fraction of sp³-hybridized carbons (Fsp3) is 0.227. The third-order valence-electron chi connectivity index (χ3n) is 4.01. The molecule has 0 spiro atoms. The Balaban J connectivity index is 1.69. The van der Waals surface area contributed by atoms with Gasteiger partial charge in [-0.25, -0.2) is 9.97 Å². The summed E-state index contributed by atoms with van der Waals surface area (Å²) in [5.41, 5.74) is 3.08. The highest BCUT2D eigenvalue weighted by atomic mass is 32.2. The SMILES string of the molecule is CCOc1cc(C(=O)Nc2ccc(Sc3nc(C)cc(C)n3)cc2)ccc1OC. The van der Waals surface area contributed by atoms with Crippen molar-refractivity contribution >= 4 is 23.4 Å². The molecule has 0 unspecified atom stereocenters. The van der Waals surface area contributed by atoms with Crippen LogP contribution in [0.4, 0.5) is 5.69 Å². The molecule has 0 bridgehead atoms. The van der Waals surface area contributed by atoms with Crippen molar-refractivity contribution in [3.8, 4) is 11.5 Å². The summed E-state index contributed by atoms with van der Waals surface area (Å²) in [6.45, 7) is 6.28. The molecule has 0 saturated heterocycles. The number of methoxy groups -OCH3 is 1. The molecule has 0 radical (unpaired) electrons. The monoisotopic (exact) mass is 409 g/mol. The van der Waals surface area contributed by atoms with Crippen molar-refractivity contribution in [2.45, 2.75) is 30.8 Å². The molecule has 1 amide bonds. The van der Waals surface area contributed by atoms with Crippen LogP contribution in [0.3, 0.4) is 0 Å². The summed E-state index contributed by atoms with van der Waals surface area (Å²) in [7, 11) is 1.57. The second-order valence-corrected chi connectivity index (χ2v) is 7.35. The highest BCUT2D eigenvalue weighted by Gasteiger charge is 2.12. The van der Waals surface area contributed by atoms with E-state index in [0.29, 0.717) is 34.5 Å². The number of carbonyl (C=O) groups is 1. The molecule has 1 N–H and O–H groups in total. The van der Waals surface area contributed by atoms with Gasteiger partial charge in [-0.3, -0.25) is 4.79 Å². The highest BCUT2D eigenvalue weighted by Crippen LogP contribution is 2.29. The molecule has 0 saturated carbocycles. The number of carbonyl (C=O) groups excluding carboxylic acids is 1. The molecule has 1 aromatic heterocycles. The second kappa shape index (κ2) is 9.43. The van der Waals surface area contributed by atoms with Crippen LogP contribution in [0.1, 0.15) is 28.7 Å². The molecule has 7 heteroatoms. The first kappa shape index (κ1) is 20.7. The van der Waals surface area contributed by atoms with E-state index in [1.165, 1.54) is 11.8 Å². The van der Waals surface area contributed by atoms with E-state index in [2.05, 4.69) is 15.3 Å². The van der Waals surface area contributed by atoms with E-state index in [0.717, 1.165) is 16.3 Å². The maximum absolute atomic E-state index is 12.6. The second-order valence-electron chi connectivity index (χ2n) is 6.31. The number of anilines is 1. The topological polar surface area (TPSA) is 73.3 Å². The number of ether oxygens (including phenoxy) is 2. The minimum Gasteiger partial charge on any atom is -0.493 e. The molecule has 6 nitrogen and oxygen atoms in total. The summed E-state index contributed by atoms with van der Waals surface area (Å²) in [5.74, 6) is 0.924. The molecule has 0 aliphatic heterocycles. The normalized spacial score (nSPS) is 10.5. The predicted octanol–water partition coefficient (Wildman–Crippen LogP) is 4.90. The van der Waals surface area contributed by atoms with Gasteiger partial charge in [0.15, 0.2) is 16.7 Å². The standard InChI is InChI=1S/C22H23N3O3S/c1-5-28-20-13-16(6-11-19(20)27-4)21(26)25-17-7-9-18(10-8-17)29-22-23-14(2)12-15(3)24-22/h6-13H,5H2,1-4H3,(H,25,26). The van der Waals surface area contributed by atoms with E-state index in [1.807, 2.05) is 51.1 Å². The largest absolute Gasteiger partial charge is 0.493 e. The number of nitrogens with one attached hydrogen (secondary N) is 1. The molecular formula is C22H23N3O3S. The van der Waals surface area contributed by atoms with Gasteiger partial charge in [-0.1, -0.05) is 0 Å². The Labute approximate surface area is 174 Å². The fourth-order valence-corrected chi connectivity index (χ4v) is 3.60. The maximum Gasteiger partial charge on any atom is 0.255 e. The van der Waals surface area contributed by atoms with Gasteiger partial charge in [0.25, 0.3) is 5.91 Å². The van der Waals surface area contributed by atoms with Gasteiger partial charge in [-0.15, -0.1) is 0 Å². The van der Waals surface area contributed by atoms with Gasteiger partial charge in [-0.05, 0) is 81.1 Å². The van der Waals surface area contributed by atoms with Crippen LogP contribution in [0.25, 0.3) is 0 Å². The van der Waals surface area contributed by atoms with Gasteiger partial charge in [0.1, 0.15) is 0 Å². The van der Waals surface area contributed by atoms with Crippen molar-refractivity contribution in [2.24, 2.45) is 0 Å². The van der Waals surface area contributed by atoms with Crippen LogP contribution >= 0.6 is 11.8 Å². The van der Waals surface area contributed by atoms with E-state index in [1.54, 1.807) is 25.3 Å². The predicted molar refractivity (Wildman–Crippen MR) is 114 cm³/mol. The van der Waals surface area contributed by atoms with Crippen molar-refractivity contribution in [1.82, 2.24) is 9.97 Å². The van der Waals surface area contributed by atoms with Crippen molar-refractivity contribution in [3.05, 3.63) is 65.5 Å². The van der Waals surface area contributed by atoms with Gasteiger partial charge in [0, 0.05) is 27.5 Å². The van der Waals surface area contributed by atoms with Crippen LogP contribution in [0.15, 0.2) is 58.6 Å². The number of rotatable bonds is 7. The van der Waals surface area contributed by atoms with Crippen molar-refractivity contribution in [2.75, 3.05) is 19.0 Å². The van der Waals surface area contributed by atoms with Crippen LogP contribution < -0.4 is 14.8 Å². The fourth-order valence-electron chi connectivity index (χ4n) is 2.74. The van der Waals surface area contributed by atoms with E-state index in [9.17, 15) is 4.79 Å². The van der Waals surface area contributed by atoms with E-state index < -0.39 is 0 Å². The first-order valence-corrected chi connectivity index (χ1v) is 10.0. The van der Waals surface area contributed by atoms with Gasteiger partial charge in [-0.2, -0.15) is 0 Å². The van der Waals surface area contributed by atoms with Crippen LogP contribution in [-0.2, 0) is 0 Å². The lowest BCUT2D eigenvalue weighted by Gasteiger charge is -2.11. The molecule has 0 aliphatic carbocycles. The van der Waals surface area contributed by atoms with Crippen molar-refractivity contribution < 1.29 is 14.3 Å². The number of nitrogens with zero attached hydrogens (tertiary/aromatic N) is 2. The molecule has 0 atom stereocenters. The Hall–Kier alpha value is -3.06. The summed E-state index contributed by atoms with van der Waals surface area (Å²) >= 11 is 1.49. The van der Waals surface area contributed by atoms with Gasteiger partial charge in [0.2, 0.25) is 0 Å². The third-order valence-corrected chi connectivity index (χ3v) is 4.88. The van der Waals surface area contributed by atoms with Gasteiger partial charge >= 0.3 is 0 Å². The number of aryl methyl sites for hydroxylation is 2. The summed E-state index contributed by atoms with van der Waals surface area (Å²) in [6, 6.07) is 14.6. The van der Waals surface area contributed by atoms with Gasteiger partial charge in [0.05, 0.1) is 13.7 Å². The van der Waals surface area contributed by atoms with Crippen LogP contribution in [0.2, 0.25) is 0 Å². The zero-order chi connectivity index (χ0) is 20.8. The smallest absolute Gasteiger partial charge is 0.255 e. The lowest BCUT2D eigenvalue weighted by Crippen LogP contribution is -2.12. The lowest BCUT2D eigenvalue weighted by atomic mass is 10.2. The van der Waals surface area contributed by atoms with Crippen molar-refractivity contribution in [1.29, 1.82) is 0 Å². The van der Waals surface area contributed by atoms with Gasteiger partial charge < -0.3 is 14.8 Å². The first-order chi connectivity index (χ1) is 14.0. The molecule has 150 valence electrons. The Kier molecular flexibility index (Phi) is 6.72. The summed E-state index contributed by atoms with van der Waals surface area (Å²) < 4.78 is 10.8. The molecule has 0 fully saturated rings. The molecule has 0 aliphatic rings. The Bertz CT molecular complexity index is 986. The number of aromatic nitrogens is 2. The highest BCUT2D eigenvalue weighted by molar-refractivity contribution is 7.99. The molecule has 2 aromatic carbocycles. The molecule has 1 heterocycles. The number of hydrogen-bond acceptors (Lipinski definition) is 6. The average Bonchev–Trinajstić information content (AvgIpc) is 2.69. The van der Waals surface area contributed by atoms with Crippen LogP contribution in [0.5, 0.6) is 11.5 Å². The first-order valence-electron chi connectivity index (χ1n) is 9.21. The third kappa shape index (κ3) is 5.48. The molecular weight excluding hydrogens is 386 g/mol. The summed E-state index contributed by atoms with van der Waals surface area (Å²) in [6.07, 6.45) is 0. The van der Waals surface area contributed by atoms with E-state index in [4.69, 9.17) is 9.47 Å². The summed E-state index contributed by atoms with van der Waals surface area (Å²) in [4.78, 5) is 22.5. The maximum atomic E-state index is 12.6. The lowest BCUT2D eigenvalue weighted by molar-refractivity contribution is 0.102. The number of hydrogen-bond donors (Lipinski definition) is 1. The number of benzene rings is 2. The summed E-state index contributed by atoms with van der Waals surface area (Å²) in [5, 5.41) is 3.61. The quantitative estimate of drug-likeness (QED) is 0.559. The molecule has 3 aromatic rings. The van der Waals surface area contributed by atoms with E-state index in [-0.39, 0.29) is 5.91 Å². The molecule has 3 rings (SSSR count). The Morgan fingerprint density at radius 1 is 1.00 bits per heavy atom. The average molecular weight is 410 g/mol. The Morgan fingerprint density at radius 2 is 1.69 bits per heavy atom. The minimum atomic E-state index is -0.216. The van der Waals surface area contributed by atoms with Crippen molar-refractivity contribution in [3.63, 3.8) is 0 Å². The Morgan fingerprint density at radius 3 is 2.31 bits per heavy atom. The zero-order valence-electron chi connectivity index (χ0n) is 16.9. The van der Waals surface area contributed by atoms with E-state index >= 15 is 0 Å².